The molecule has 3 heterocycles. The van der Waals surface area contributed by atoms with Gasteiger partial charge in [-0.1, -0.05) is 0 Å². The van der Waals surface area contributed by atoms with Crippen LogP contribution in [0.3, 0.4) is 0 Å². The molecule has 1 unspecified atom stereocenters. The summed E-state index contributed by atoms with van der Waals surface area (Å²) in [4.78, 5) is 25.7. The summed E-state index contributed by atoms with van der Waals surface area (Å²) >= 11 is -1.40. The Hall–Kier alpha value is -2.35. The van der Waals surface area contributed by atoms with Crippen molar-refractivity contribution in [2.45, 2.75) is 58.9 Å². The first-order valence-electron chi connectivity index (χ1n) is 10.9. The van der Waals surface area contributed by atoms with Crippen LogP contribution in [-0.4, -0.2) is 54.6 Å². The van der Waals surface area contributed by atoms with Crippen LogP contribution in [0.2, 0.25) is 0 Å². The summed E-state index contributed by atoms with van der Waals surface area (Å²) in [5.41, 5.74) is 5.74. The van der Waals surface area contributed by atoms with Crippen molar-refractivity contribution in [2.75, 3.05) is 12.1 Å². The van der Waals surface area contributed by atoms with Crippen LogP contribution in [0.25, 0.3) is 11.2 Å². The quantitative estimate of drug-likeness (QED) is 0.157. The number of hydrogen-bond acceptors (Lipinski definition) is 10. The Morgan fingerprint density at radius 3 is 2.63 bits per heavy atom. The maximum atomic E-state index is 14.0. The molecule has 14 heteroatoms. The Bertz CT molecular complexity index is 1190. The molecular weight excluding hydrogens is 588 g/mol. The van der Waals surface area contributed by atoms with E-state index in [1.165, 1.54) is 6.33 Å². The predicted octanol–water partition coefficient (Wildman–Crippen LogP) is -0.238. The number of nitrogen functional groups attached to an aromatic ring is 1. The van der Waals surface area contributed by atoms with Gasteiger partial charge in [0.25, 0.3) is 0 Å². The predicted molar refractivity (Wildman–Crippen MR) is 126 cm³/mol. The Kier molecular flexibility index (Phi) is 9.02. The van der Waals surface area contributed by atoms with E-state index < -0.39 is 37.5 Å². The van der Waals surface area contributed by atoms with E-state index in [9.17, 15) is 9.36 Å². The first-order chi connectivity index (χ1) is 16.5. The van der Waals surface area contributed by atoms with Gasteiger partial charge in [0, 0.05) is 0 Å². The molecule has 0 spiro atoms. The first kappa shape index (κ1) is 27.2. The molecule has 0 saturated carbocycles. The number of halogens is 1. The van der Waals surface area contributed by atoms with E-state index in [4.69, 9.17) is 18.3 Å². The first-order valence-corrected chi connectivity index (χ1v) is 16.4. The fourth-order valence-electron chi connectivity index (χ4n) is 2.96. The number of carbonyl (C=O) groups is 1. The fraction of sp³-hybridized carbons (Fsp3) is 0.476. The van der Waals surface area contributed by atoms with Crippen molar-refractivity contribution in [3.8, 4) is 5.75 Å². The van der Waals surface area contributed by atoms with Gasteiger partial charge in [0.2, 0.25) is 0 Å². The summed E-state index contributed by atoms with van der Waals surface area (Å²) in [6.07, 6.45) is 5.38. The van der Waals surface area contributed by atoms with Gasteiger partial charge in [-0.25, -0.2) is 0 Å². The number of aromatic nitrogens is 5. The summed E-state index contributed by atoms with van der Waals surface area (Å²) in [5, 5.41) is 3.00. The Balaban J connectivity index is 1.71. The van der Waals surface area contributed by atoms with Crippen LogP contribution in [0.4, 0.5) is 5.82 Å². The number of anilines is 1. The van der Waals surface area contributed by atoms with Crippen molar-refractivity contribution in [3.05, 3.63) is 37.2 Å². The van der Waals surface area contributed by atoms with E-state index in [2.05, 4.69) is 25.0 Å². The standard InChI is InChI=1S/C21H30IN7O5P/c1-14(2)33-20(30)21(4,5)28-35(31,22-34-16-6-8-24-9-7-16)13-32-15(3)10-29-12-27-17-18(23)25-11-26-19(17)29/h6-9,11-12,14-15H,10,13H2,1-5H3,(H,28,31)(H2,23,25,26)/q-1/t15-,35?/m1/s1. The number of imidazole rings is 1. The van der Waals surface area contributed by atoms with Gasteiger partial charge in [0.15, 0.2) is 0 Å². The summed E-state index contributed by atoms with van der Waals surface area (Å²) in [6, 6.07) is 3.37. The molecule has 0 radical (unpaired) electrons. The number of nitrogens with zero attached hydrogens (tertiary/aromatic N) is 5. The molecule has 35 heavy (non-hydrogen) atoms. The molecule has 0 fully saturated rings. The van der Waals surface area contributed by atoms with Gasteiger partial charge >= 0.3 is 214 Å². The van der Waals surface area contributed by atoms with Crippen LogP contribution in [-0.2, 0) is 25.4 Å². The molecule has 0 aliphatic rings. The van der Waals surface area contributed by atoms with E-state index in [-0.39, 0.29) is 18.6 Å². The second-order valence-electron chi connectivity index (χ2n) is 8.61. The van der Waals surface area contributed by atoms with Gasteiger partial charge in [-0.05, 0) is 0 Å². The van der Waals surface area contributed by atoms with E-state index in [0.717, 1.165) is 0 Å². The van der Waals surface area contributed by atoms with Crippen LogP contribution in [0.1, 0.15) is 34.6 Å². The van der Waals surface area contributed by atoms with Crippen LogP contribution < -0.4 is 35.0 Å². The summed E-state index contributed by atoms with van der Waals surface area (Å²) in [6.45, 7) is 9.03. The zero-order valence-electron chi connectivity index (χ0n) is 20.2. The number of nitrogens with one attached hydrogen (secondary N) is 1. The molecule has 0 amide bonds. The number of ether oxygens (including phenoxy) is 2. The Labute approximate surface area is 214 Å². The third-order valence-corrected chi connectivity index (χ3v) is 10.8. The zero-order chi connectivity index (χ0) is 25.6. The number of hydrogen-bond donors (Lipinski definition) is 2. The van der Waals surface area contributed by atoms with E-state index >= 15 is 0 Å². The average molecular weight is 618 g/mol. The molecule has 192 valence electrons. The number of carbonyl (C=O) groups excluding carboxylic acids is 1. The molecule has 3 aromatic rings. The number of nitrogens with two attached hydrogens (primary N) is 1. The molecule has 0 aliphatic heterocycles. The molecule has 12 nitrogen and oxygen atoms in total. The molecule has 3 N–H and O–H groups in total. The minimum atomic E-state index is -3.28. The summed E-state index contributed by atoms with van der Waals surface area (Å²) < 4.78 is 32.9. The van der Waals surface area contributed by atoms with Crippen molar-refractivity contribution in [1.29, 1.82) is 0 Å². The van der Waals surface area contributed by atoms with Crippen LogP contribution in [0, 0.1) is 0 Å². The monoisotopic (exact) mass is 618 g/mol. The Morgan fingerprint density at radius 1 is 1.23 bits per heavy atom. The number of pyridine rings is 1. The van der Waals surface area contributed by atoms with E-state index in [1.807, 2.05) is 6.92 Å². The van der Waals surface area contributed by atoms with Gasteiger partial charge in [0.05, 0.1) is 0 Å². The molecule has 0 saturated heterocycles. The SMILES string of the molecule is CC(C)OC(=O)C(C)(C)NP(=O)(CO[C@H](C)Cn1cnc2c(N)ncnc21)[I-]Oc1ccncc1. The molecule has 3 rings (SSSR count). The molecule has 0 bridgehead atoms. The van der Waals surface area contributed by atoms with Gasteiger partial charge in [-0.2, -0.15) is 0 Å². The van der Waals surface area contributed by atoms with Crippen molar-refractivity contribution >= 4 is 27.9 Å². The van der Waals surface area contributed by atoms with Gasteiger partial charge in [0.1, 0.15) is 0 Å². The number of esters is 1. The number of rotatable bonds is 12. The molecule has 2 atom stereocenters. The fourth-order valence-corrected chi connectivity index (χ4v) is 9.53. The van der Waals surface area contributed by atoms with Crippen molar-refractivity contribution < 1.29 is 43.0 Å². The third kappa shape index (κ3) is 7.56. The molecule has 3 aromatic heterocycles. The summed E-state index contributed by atoms with van der Waals surface area (Å²) in [5.74, 6) is 0.341. The van der Waals surface area contributed by atoms with Crippen molar-refractivity contribution in [1.82, 2.24) is 29.6 Å². The van der Waals surface area contributed by atoms with Gasteiger partial charge in [-0.15, -0.1) is 0 Å². The topological polar surface area (TPSA) is 156 Å². The van der Waals surface area contributed by atoms with Crippen molar-refractivity contribution in [2.24, 2.45) is 0 Å². The number of fused-ring (bicyclic) bond motifs is 1. The van der Waals surface area contributed by atoms with E-state index in [0.29, 0.717) is 29.3 Å². The zero-order valence-corrected chi connectivity index (χ0v) is 23.3. The van der Waals surface area contributed by atoms with Crippen LogP contribution >= 0.6 is 4.94 Å². The van der Waals surface area contributed by atoms with Gasteiger partial charge < -0.3 is 0 Å². The normalized spacial score (nSPS) is 14.7. The maximum absolute atomic E-state index is 14.0. The molecular formula is C21H30IN7O5P-. The third-order valence-electron chi connectivity index (χ3n) is 4.59. The second-order valence-corrected chi connectivity index (χ2v) is 16.8. The van der Waals surface area contributed by atoms with E-state index in [1.54, 1.807) is 63.1 Å². The van der Waals surface area contributed by atoms with Gasteiger partial charge in [-0.3, -0.25) is 0 Å². The minimum absolute atomic E-state index is 0.130. The summed E-state index contributed by atoms with van der Waals surface area (Å²) in [7, 11) is 0. The molecule has 0 aromatic carbocycles. The second kappa shape index (κ2) is 11.6. The Morgan fingerprint density at radius 2 is 1.94 bits per heavy atom. The van der Waals surface area contributed by atoms with Crippen molar-refractivity contribution in [3.63, 3.8) is 0 Å². The average Bonchev–Trinajstić information content (AvgIpc) is 3.20. The van der Waals surface area contributed by atoms with Crippen LogP contribution in [0.5, 0.6) is 5.75 Å². The molecule has 0 aliphatic carbocycles. The van der Waals surface area contributed by atoms with Crippen LogP contribution in [0.15, 0.2) is 37.2 Å².